The number of carboxylic acid groups (broad SMARTS) is 1. The largest absolute Gasteiger partial charge is 0.465 e. The fourth-order valence-corrected chi connectivity index (χ4v) is 2.38. The molecule has 0 radical (unpaired) electrons. The zero-order valence-electron chi connectivity index (χ0n) is 9.52. The Labute approximate surface area is 98.9 Å². The minimum atomic E-state index is -1.42. The molecule has 0 aromatic heterocycles. The highest BCUT2D eigenvalue weighted by Gasteiger charge is 2.49. The third-order valence-corrected chi connectivity index (χ3v) is 3.30. The predicted octanol–water partition coefficient (Wildman–Crippen LogP) is -1.03. The van der Waals surface area contributed by atoms with Crippen molar-refractivity contribution in [2.45, 2.75) is 24.6 Å². The third kappa shape index (κ3) is 2.13. The van der Waals surface area contributed by atoms with Crippen molar-refractivity contribution in [2.75, 3.05) is 26.2 Å². The van der Waals surface area contributed by atoms with E-state index in [1.54, 1.807) is 0 Å². The summed E-state index contributed by atoms with van der Waals surface area (Å²) in [7, 11) is 0. The van der Waals surface area contributed by atoms with Gasteiger partial charge in [0.1, 0.15) is 6.10 Å². The van der Waals surface area contributed by atoms with Gasteiger partial charge in [0.25, 0.3) is 0 Å². The second kappa shape index (κ2) is 4.59. The molecule has 0 aliphatic carbocycles. The minimum Gasteiger partial charge on any atom is -0.465 e. The first-order chi connectivity index (χ1) is 8.05. The van der Waals surface area contributed by atoms with Crippen LogP contribution in [0.5, 0.6) is 0 Å². The number of carbonyl (C=O) groups is 2. The number of nitrogens with zero attached hydrogens (tertiary/aromatic N) is 1. The van der Waals surface area contributed by atoms with E-state index in [0.29, 0.717) is 39.1 Å². The van der Waals surface area contributed by atoms with E-state index in [9.17, 15) is 9.59 Å². The number of morpholine rings is 1. The zero-order valence-corrected chi connectivity index (χ0v) is 9.52. The van der Waals surface area contributed by atoms with Crippen molar-refractivity contribution in [1.82, 2.24) is 10.2 Å². The summed E-state index contributed by atoms with van der Waals surface area (Å²) in [6, 6.07) is 0. The van der Waals surface area contributed by atoms with E-state index in [1.165, 1.54) is 0 Å². The summed E-state index contributed by atoms with van der Waals surface area (Å²) >= 11 is 0. The van der Waals surface area contributed by atoms with E-state index in [4.69, 9.17) is 15.6 Å². The van der Waals surface area contributed by atoms with Crippen molar-refractivity contribution in [3.63, 3.8) is 0 Å². The molecule has 0 saturated carbocycles. The first kappa shape index (κ1) is 12.3. The molecule has 1 amide bonds. The molecule has 17 heavy (non-hydrogen) atoms. The van der Waals surface area contributed by atoms with E-state index in [-0.39, 0.29) is 5.78 Å². The Morgan fingerprint density at radius 3 is 2.88 bits per heavy atom. The van der Waals surface area contributed by atoms with E-state index in [0.717, 1.165) is 4.90 Å². The minimum absolute atomic E-state index is 0.303. The number of amides is 1. The molecule has 7 nitrogen and oxygen atoms in total. The van der Waals surface area contributed by atoms with Crippen molar-refractivity contribution in [1.29, 1.82) is 0 Å². The van der Waals surface area contributed by atoms with Crippen LogP contribution >= 0.6 is 0 Å². The highest BCUT2D eigenvalue weighted by atomic mass is 16.5. The Bertz CT molecular complexity index is 330. The van der Waals surface area contributed by atoms with Crippen LogP contribution in [-0.2, 0) is 9.53 Å². The van der Waals surface area contributed by atoms with Crippen LogP contribution in [0.4, 0.5) is 4.79 Å². The molecule has 2 atom stereocenters. The predicted molar refractivity (Wildman–Crippen MR) is 58.5 cm³/mol. The molecule has 2 unspecified atom stereocenters. The van der Waals surface area contributed by atoms with Crippen LogP contribution in [0.25, 0.3) is 0 Å². The van der Waals surface area contributed by atoms with Crippen LogP contribution in [0.15, 0.2) is 0 Å². The fraction of sp³-hybridized carbons (Fsp3) is 0.800. The second-order valence-electron chi connectivity index (χ2n) is 4.39. The molecule has 2 heterocycles. The summed E-state index contributed by atoms with van der Waals surface area (Å²) in [6.45, 7) is 1.84. The van der Waals surface area contributed by atoms with Crippen LogP contribution in [0.2, 0.25) is 0 Å². The SMILES string of the molecule is NC1(C(=O)C2CNCCO2)CCCN1C(=O)O. The molecule has 2 fully saturated rings. The zero-order chi connectivity index (χ0) is 12.5. The molecule has 0 bridgehead atoms. The Kier molecular flexibility index (Phi) is 3.32. The summed E-state index contributed by atoms with van der Waals surface area (Å²) in [6.07, 6.45) is -0.831. The number of nitrogens with one attached hydrogen (secondary N) is 1. The Morgan fingerprint density at radius 1 is 1.53 bits per heavy atom. The molecule has 0 spiro atoms. The maximum absolute atomic E-state index is 12.2. The molecular weight excluding hydrogens is 226 g/mol. The number of rotatable bonds is 2. The number of likely N-dealkylation sites (tertiary alicyclic amines) is 1. The van der Waals surface area contributed by atoms with Crippen molar-refractivity contribution in [2.24, 2.45) is 5.73 Å². The van der Waals surface area contributed by atoms with Crippen molar-refractivity contribution < 1.29 is 19.4 Å². The van der Waals surface area contributed by atoms with Gasteiger partial charge >= 0.3 is 6.09 Å². The summed E-state index contributed by atoms with van der Waals surface area (Å²) in [5.41, 5.74) is 4.55. The molecule has 0 aromatic rings. The van der Waals surface area contributed by atoms with Gasteiger partial charge in [0.2, 0.25) is 5.78 Å². The number of hydrogen-bond donors (Lipinski definition) is 3. The lowest BCUT2D eigenvalue weighted by molar-refractivity contribution is -0.142. The fourth-order valence-electron chi connectivity index (χ4n) is 2.38. The van der Waals surface area contributed by atoms with E-state index in [2.05, 4.69) is 5.32 Å². The van der Waals surface area contributed by atoms with Gasteiger partial charge in [0.05, 0.1) is 6.61 Å². The number of nitrogens with two attached hydrogens (primary N) is 1. The van der Waals surface area contributed by atoms with Gasteiger partial charge in [-0.25, -0.2) is 4.79 Å². The molecule has 96 valence electrons. The van der Waals surface area contributed by atoms with Gasteiger partial charge in [-0.3, -0.25) is 9.69 Å². The summed E-state index contributed by atoms with van der Waals surface area (Å²) in [5.74, 6) is -0.343. The van der Waals surface area contributed by atoms with Gasteiger partial charge in [0, 0.05) is 19.6 Å². The van der Waals surface area contributed by atoms with Gasteiger partial charge in [-0.1, -0.05) is 0 Å². The van der Waals surface area contributed by atoms with E-state index in [1.807, 2.05) is 0 Å². The van der Waals surface area contributed by atoms with Gasteiger partial charge in [-0.2, -0.15) is 0 Å². The standard InChI is InChI=1S/C10H17N3O4/c11-10(2-1-4-13(10)9(15)16)8(14)7-6-12-3-5-17-7/h7,12H,1-6,11H2,(H,15,16). The van der Waals surface area contributed by atoms with Crippen molar-refractivity contribution in [3.05, 3.63) is 0 Å². The van der Waals surface area contributed by atoms with Crippen molar-refractivity contribution >= 4 is 11.9 Å². The number of ether oxygens (including phenoxy) is 1. The normalized spacial score (nSPS) is 33.7. The maximum atomic E-state index is 12.2. The Morgan fingerprint density at radius 2 is 2.29 bits per heavy atom. The maximum Gasteiger partial charge on any atom is 0.409 e. The number of hydrogen-bond acceptors (Lipinski definition) is 5. The first-order valence-corrected chi connectivity index (χ1v) is 5.72. The third-order valence-electron chi connectivity index (χ3n) is 3.30. The van der Waals surface area contributed by atoms with Gasteiger partial charge in [-0.15, -0.1) is 0 Å². The van der Waals surface area contributed by atoms with Gasteiger partial charge in [0.15, 0.2) is 5.66 Å². The lowest BCUT2D eigenvalue weighted by Gasteiger charge is -2.35. The number of Topliss-reactive ketones (excluding diaryl/α,β-unsaturated/α-hetero) is 1. The topological polar surface area (TPSA) is 105 Å². The summed E-state index contributed by atoms with van der Waals surface area (Å²) in [4.78, 5) is 24.3. The molecule has 0 aromatic carbocycles. The van der Waals surface area contributed by atoms with Crippen LogP contribution in [-0.4, -0.2) is 59.9 Å². The first-order valence-electron chi connectivity index (χ1n) is 5.72. The molecule has 2 saturated heterocycles. The summed E-state index contributed by atoms with van der Waals surface area (Å²) in [5, 5.41) is 12.1. The van der Waals surface area contributed by atoms with Crippen LogP contribution in [0.1, 0.15) is 12.8 Å². The molecule has 4 N–H and O–H groups in total. The van der Waals surface area contributed by atoms with Crippen LogP contribution in [0.3, 0.4) is 0 Å². The summed E-state index contributed by atoms with van der Waals surface area (Å²) < 4.78 is 5.33. The Hall–Kier alpha value is -1.18. The molecule has 2 rings (SSSR count). The average Bonchev–Trinajstić information content (AvgIpc) is 2.73. The van der Waals surface area contributed by atoms with Crippen LogP contribution in [0, 0.1) is 0 Å². The highest BCUT2D eigenvalue weighted by molar-refractivity contribution is 5.94. The highest BCUT2D eigenvalue weighted by Crippen LogP contribution is 2.27. The average molecular weight is 243 g/mol. The number of ketones is 1. The molecule has 2 aliphatic heterocycles. The molecule has 7 heteroatoms. The number of carbonyl (C=O) groups excluding carboxylic acids is 1. The van der Waals surface area contributed by atoms with Gasteiger partial charge in [-0.05, 0) is 12.8 Å². The monoisotopic (exact) mass is 243 g/mol. The smallest absolute Gasteiger partial charge is 0.409 e. The van der Waals surface area contributed by atoms with Gasteiger partial charge < -0.3 is 20.9 Å². The van der Waals surface area contributed by atoms with Crippen LogP contribution < -0.4 is 11.1 Å². The second-order valence-corrected chi connectivity index (χ2v) is 4.39. The van der Waals surface area contributed by atoms with Crippen molar-refractivity contribution in [3.8, 4) is 0 Å². The molecular formula is C10H17N3O4. The van der Waals surface area contributed by atoms with E-state index < -0.39 is 17.9 Å². The molecule has 2 aliphatic rings. The quantitative estimate of drug-likeness (QED) is 0.573. The van der Waals surface area contributed by atoms with E-state index >= 15 is 0 Å². The lowest BCUT2D eigenvalue weighted by atomic mass is 9.97. The lowest BCUT2D eigenvalue weighted by Crippen LogP contribution is -2.64. The Balaban J connectivity index is 2.13.